The van der Waals surface area contributed by atoms with Crippen LogP contribution in [-0.4, -0.2) is 19.3 Å². The van der Waals surface area contributed by atoms with E-state index in [1.165, 1.54) is 0 Å². The molecule has 2 heteroatoms. The molecule has 0 fully saturated rings. The normalized spacial score (nSPS) is 22.1. The van der Waals surface area contributed by atoms with E-state index >= 15 is 0 Å². The summed E-state index contributed by atoms with van der Waals surface area (Å²) in [4.78, 5) is 4.17. The van der Waals surface area contributed by atoms with Crippen LogP contribution in [0.25, 0.3) is 0 Å². The van der Waals surface area contributed by atoms with Crippen LogP contribution in [0.4, 0.5) is 0 Å². The zero-order valence-corrected chi connectivity index (χ0v) is 7.38. The molecule has 2 nitrogen and oxygen atoms in total. The lowest BCUT2D eigenvalue weighted by Gasteiger charge is -2.01. The van der Waals surface area contributed by atoms with Gasteiger partial charge in [0.2, 0.25) is 0 Å². The Morgan fingerprint density at radius 3 is 3.25 bits per heavy atom. The van der Waals surface area contributed by atoms with Crippen LogP contribution in [0.1, 0.15) is 6.92 Å². The fourth-order valence-corrected chi connectivity index (χ4v) is 0.980. The van der Waals surface area contributed by atoms with Crippen molar-refractivity contribution in [3.05, 3.63) is 36.1 Å². The zero-order chi connectivity index (χ0) is 8.81. The summed E-state index contributed by atoms with van der Waals surface area (Å²) in [7, 11) is 0. The Kier molecular flexibility index (Phi) is 3.48. The summed E-state index contributed by atoms with van der Waals surface area (Å²) in [5, 5.41) is 3.22. The van der Waals surface area contributed by atoms with E-state index in [-0.39, 0.29) is 0 Å². The summed E-state index contributed by atoms with van der Waals surface area (Å²) < 4.78 is 0. The summed E-state index contributed by atoms with van der Waals surface area (Å²) in [6.07, 6.45) is 7.88. The van der Waals surface area contributed by atoms with Gasteiger partial charge in [0.1, 0.15) is 0 Å². The Morgan fingerprint density at radius 1 is 1.67 bits per heavy atom. The molecule has 0 radical (unpaired) electrons. The molecule has 0 aromatic heterocycles. The Bertz CT molecular complexity index is 247. The molecule has 0 saturated heterocycles. The monoisotopic (exact) mass is 162 g/mol. The van der Waals surface area contributed by atoms with Crippen molar-refractivity contribution in [3.8, 4) is 0 Å². The molecule has 64 valence electrons. The number of nitrogens with zero attached hydrogens (tertiary/aromatic N) is 1. The van der Waals surface area contributed by atoms with Gasteiger partial charge in [-0.2, -0.15) is 0 Å². The van der Waals surface area contributed by atoms with Crippen LogP contribution in [0.5, 0.6) is 0 Å². The van der Waals surface area contributed by atoms with Crippen LogP contribution in [0.2, 0.25) is 0 Å². The lowest BCUT2D eigenvalue weighted by atomic mass is 10.2. The summed E-state index contributed by atoms with van der Waals surface area (Å²) >= 11 is 0. The Balaban J connectivity index is 2.74. The van der Waals surface area contributed by atoms with Crippen LogP contribution >= 0.6 is 0 Å². The first-order valence-corrected chi connectivity index (χ1v) is 4.09. The second-order valence-electron chi connectivity index (χ2n) is 2.61. The van der Waals surface area contributed by atoms with Gasteiger partial charge in [0, 0.05) is 19.3 Å². The Morgan fingerprint density at radius 2 is 2.50 bits per heavy atom. The van der Waals surface area contributed by atoms with Gasteiger partial charge in [0.25, 0.3) is 0 Å². The van der Waals surface area contributed by atoms with Gasteiger partial charge >= 0.3 is 0 Å². The first kappa shape index (κ1) is 8.94. The van der Waals surface area contributed by atoms with Gasteiger partial charge in [0.15, 0.2) is 0 Å². The van der Waals surface area contributed by atoms with Gasteiger partial charge in [-0.3, -0.25) is 4.99 Å². The number of aliphatic imine (C=N–C) groups is 1. The minimum atomic E-state index is 0.826. The average Bonchev–Trinajstić information content (AvgIpc) is 2.27. The van der Waals surface area contributed by atoms with E-state index in [0.29, 0.717) is 0 Å². The molecule has 0 aliphatic carbocycles. The van der Waals surface area contributed by atoms with Crippen LogP contribution < -0.4 is 5.32 Å². The topological polar surface area (TPSA) is 24.4 Å². The maximum absolute atomic E-state index is 4.17. The van der Waals surface area contributed by atoms with Crippen molar-refractivity contribution in [3.63, 3.8) is 0 Å². The van der Waals surface area contributed by atoms with Crippen LogP contribution in [0, 0.1) is 0 Å². The number of hydrogen-bond acceptors (Lipinski definition) is 2. The molecule has 12 heavy (non-hydrogen) atoms. The van der Waals surface area contributed by atoms with Gasteiger partial charge in [-0.25, -0.2) is 0 Å². The third kappa shape index (κ3) is 2.47. The maximum Gasteiger partial charge on any atom is 0.0599 e. The highest BCUT2D eigenvalue weighted by molar-refractivity contribution is 5.63. The molecule has 0 aromatic carbocycles. The fraction of sp³-hybridized carbons (Fsp3) is 0.300. The van der Waals surface area contributed by atoms with Crippen LogP contribution in [-0.2, 0) is 0 Å². The van der Waals surface area contributed by atoms with Gasteiger partial charge in [0.05, 0.1) is 5.70 Å². The van der Waals surface area contributed by atoms with Gasteiger partial charge < -0.3 is 5.32 Å². The van der Waals surface area contributed by atoms with Crippen molar-refractivity contribution in [1.29, 1.82) is 0 Å². The Hall–Kier alpha value is -1.15. The molecule has 0 saturated carbocycles. The summed E-state index contributed by atoms with van der Waals surface area (Å²) in [6, 6.07) is 0. The fourth-order valence-electron chi connectivity index (χ4n) is 0.980. The van der Waals surface area contributed by atoms with Gasteiger partial charge in [-0.15, -0.1) is 0 Å². The molecule has 0 unspecified atom stereocenters. The van der Waals surface area contributed by atoms with Crippen molar-refractivity contribution in [2.45, 2.75) is 6.92 Å². The second-order valence-corrected chi connectivity index (χ2v) is 2.61. The van der Waals surface area contributed by atoms with Crippen LogP contribution in [0.15, 0.2) is 41.1 Å². The van der Waals surface area contributed by atoms with E-state index in [2.05, 4.69) is 16.9 Å². The molecule has 1 aliphatic heterocycles. The second kappa shape index (κ2) is 4.67. The quantitative estimate of drug-likeness (QED) is 0.623. The van der Waals surface area contributed by atoms with Crippen molar-refractivity contribution < 1.29 is 0 Å². The molecule has 0 amide bonds. The number of nitrogens with one attached hydrogen (secondary N) is 1. The minimum absolute atomic E-state index is 0.826. The SMILES string of the molecule is C=C1N=CCNC/C1=C/C=C\C. The van der Waals surface area contributed by atoms with Gasteiger partial charge in [-0.1, -0.05) is 24.8 Å². The van der Waals surface area contributed by atoms with E-state index in [4.69, 9.17) is 0 Å². The molecule has 1 aliphatic rings. The zero-order valence-electron chi connectivity index (χ0n) is 7.38. The third-order valence-electron chi connectivity index (χ3n) is 1.66. The lowest BCUT2D eigenvalue weighted by molar-refractivity contribution is 0.856. The highest BCUT2D eigenvalue weighted by Crippen LogP contribution is 2.09. The molecule has 0 atom stereocenters. The molecular formula is C10H14N2. The number of hydrogen-bond donors (Lipinski definition) is 1. The first-order chi connectivity index (χ1) is 5.84. The van der Waals surface area contributed by atoms with E-state index in [9.17, 15) is 0 Å². The Labute approximate surface area is 73.4 Å². The molecule has 1 rings (SSSR count). The largest absolute Gasteiger partial charge is 0.308 e. The van der Waals surface area contributed by atoms with Crippen LogP contribution in [0.3, 0.4) is 0 Å². The molecular weight excluding hydrogens is 148 g/mol. The number of rotatable bonds is 1. The molecule has 1 heterocycles. The van der Waals surface area contributed by atoms with E-state index < -0.39 is 0 Å². The van der Waals surface area contributed by atoms with E-state index in [1.807, 2.05) is 31.4 Å². The minimum Gasteiger partial charge on any atom is -0.308 e. The van der Waals surface area contributed by atoms with E-state index in [1.54, 1.807) is 0 Å². The maximum atomic E-state index is 4.17. The highest BCUT2D eigenvalue weighted by Gasteiger charge is 2.01. The number of allylic oxidation sites excluding steroid dienone is 3. The standard InChI is InChI=1S/C10H14N2/c1-3-4-5-10-8-11-6-7-12-9(10)2/h3-5,7,11H,2,6,8H2,1H3/b4-3-,10-5-. The molecule has 1 N–H and O–H groups in total. The lowest BCUT2D eigenvalue weighted by Crippen LogP contribution is -2.16. The summed E-state index contributed by atoms with van der Waals surface area (Å²) in [5.41, 5.74) is 2.01. The van der Waals surface area contributed by atoms with Crippen molar-refractivity contribution in [1.82, 2.24) is 5.32 Å². The smallest absolute Gasteiger partial charge is 0.0599 e. The first-order valence-electron chi connectivity index (χ1n) is 4.09. The molecule has 0 spiro atoms. The molecule has 0 aromatic rings. The van der Waals surface area contributed by atoms with Crippen molar-refractivity contribution in [2.24, 2.45) is 4.99 Å². The third-order valence-corrected chi connectivity index (χ3v) is 1.66. The average molecular weight is 162 g/mol. The van der Waals surface area contributed by atoms with Gasteiger partial charge in [-0.05, 0) is 12.5 Å². The summed E-state index contributed by atoms with van der Waals surface area (Å²) in [6.45, 7) is 7.54. The van der Waals surface area contributed by atoms with Crippen molar-refractivity contribution in [2.75, 3.05) is 13.1 Å². The van der Waals surface area contributed by atoms with Crippen molar-refractivity contribution >= 4 is 6.21 Å². The highest BCUT2D eigenvalue weighted by atomic mass is 14.9. The predicted molar refractivity (Wildman–Crippen MR) is 53.4 cm³/mol. The molecule has 0 bridgehead atoms. The summed E-state index contributed by atoms with van der Waals surface area (Å²) in [5.74, 6) is 0. The predicted octanol–water partition coefficient (Wildman–Crippen LogP) is 1.68. The van der Waals surface area contributed by atoms with E-state index in [0.717, 1.165) is 24.4 Å².